The highest BCUT2D eigenvalue weighted by Crippen LogP contribution is 2.49. The van der Waals surface area contributed by atoms with Gasteiger partial charge in [0.1, 0.15) is 6.04 Å². The summed E-state index contributed by atoms with van der Waals surface area (Å²) in [5.41, 5.74) is 1.64. The van der Waals surface area contributed by atoms with Gasteiger partial charge in [0.15, 0.2) is 0 Å². The molecule has 7 heteroatoms. The second-order valence-electron chi connectivity index (χ2n) is 7.14. The summed E-state index contributed by atoms with van der Waals surface area (Å²) in [5.74, 6) is -0.665. The molecule has 0 aromatic heterocycles. The lowest BCUT2D eigenvalue weighted by Gasteiger charge is -2.29. The van der Waals surface area contributed by atoms with Gasteiger partial charge in [-0.3, -0.25) is 9.59 Å². The molecule has 2 amide bonds. The monoisotopic (exact) mass is 445 g/mol. The SMILES string of the molecule is O=C1C2C(C(=O)N1c1cccc(Br)c1)N1CCCN1C2c1ccc(Cl)cc1. The molecule has 2 aromatic carbocycles. The Morgan fingerprint density at radius 2 is 1.63 bits per heavy atom. The average molecular weight is 447 g/mol. The number of nitrogens with zero attached hydrogens (tertiary/aromatic N) is 3. The summed E-state index contributed by atoms with van der Waals surface area (Å²) in [7, 11) is 0. The second kappa shape index (κ2) is 6.41. The van der Waals surface area contributed by atoms with Crippen molar-refractivity contribution in [2.75, 3.05) is 18.0 Å². The van der Waals surface area contributed by atoms with Gasteiger partial charge >= 0.3 is 0 Å². The van der Waals surface area contributed by atoms with E-state index in [2.05, 4.69) is 25.9 Å². The molecule has 0 saturated carbocycles. The maximum absolute atomic E-state index is 13.4. The van der Waals surface area contributed by atoms with Gasteiger partial charge in [-0.25, -0.2) is 14.9 Å². The number of hydrazine groups is 1. The van der Waals surface area contributed by atoms with Crippen molar-refractivity contribution in [3.63, 3.8) is 0 Å². The van der Waals surface area contributed by atoms with E-state index in [1.807, 2.05) is 42.5 Å². The van der Waals surface area contributed by atoms with Gasteiger partial charge in [0.05, 0.1) is 17.6 Å². The minimum absolute atomic E-state index is 0.127. The molecule has 27 heavy (non-hydrogen) atoms. The Morgan fingerprint density at radius 3 is 2.33 bits per heavy atom. The third-order valence-electron chi connectivity index (χ3n) is 5.68. The molecule has 3 saturated heterocycles. The predicted molar refractivity (Wildman–Crippen MR) is 106 cm³/mol. The number of fused-ring (bicyclic) bond motifs is 3. The molecule has 0 bridgehead atoms. The van der Waals surface area contributed by atoms with Crippen LogP contribution in [0.4, 0.5) is 5.69 Å². The lowest BCUT2D eigenvalue weighted by atomic mass is 9.90. The third kappa shape index (κ3) is 2.58. The van der Waals surface area contributed by atoms with Crippen LogP contribution in [0.15, 0.2) is 53.0 Å². The molecule has 3 heterocycles. The summed E-state index contributed by atoms with van der Waals surface area (Å²) in [4.78, 5) is 28.0. The molecule has 0 spiro atoms. The van der Waals surface area contributed by atoms with Gasteiger partial charge in [0, 0.05) is 22.6 Å². The minimum Gasteiger partial charge on any atom is -0.274 e. The van der Waals surface area contributed by atoms with Crippen molar-refractivity contribution < 1.29 is 9.59 Å². The van der Waals surface area contributed by atoms with Crippen molar-refractivity contribution in [3.05, 3.63) is 63.6 Å². The van der Waals surface area contributed by atoms with Gasteiger partial charge in [-0.1, -0.05) is 45.7 Å². The summed E-state index contributed by atoms with van der Waals surface area (Å²) in [6.07, 6.45) is 0.992. The molecule has 3 unspecified atom stereocenters. The van der Waals surface area contributed by atoms with Crippen molar-refractivity contribution >= 4 is 45.0 Å². The van der Waals surface area contributed by atoms with E-state index in [-0.39, 0.29) is 17.9 Å². The Morgan fingerprint density at radius 1 is 0.926 bits per heavy atom. The molecule has 3 aliphatic rings. The Bertz CT molecular complexity index is 935. The van der Waals surface area contributed by atoms with Crippen LogP contribution < -0.4 is 4.90 Å². The molecular weight excluding hydrogens is 430 g/mol. The standard InChI is InChI=1S/C20H17BrClN3O2/c21-13-3-1-4-15(11-13)25-19(26)16-17(12-5-7-14(22)8-6-12)23-9-2-10-24(23)18(16)20(25)27/h1,3-8,11,16-18H,2,9-10H2. The first-order valence-electron chi connectivity index (χ1n) is 8.98. The van der Waals surface area contributed by atoms with E-state index >= 15 is 0 Å². The van der Waals surface area contributed by atoms with E-state index in [4.69, 9.17) is 11.6 Å². The lowest BCUT2D eigenvalue weighted by molar-refractivity contribution is -0.126. The van der Waals surface area contributed by atoms with Gasteiger partial charge in [0.2, 0.25) is 5.91 Å². The fraction of sp³-hybridized carbons (Fsp3) is 0.300. The number of imide groups is 1. The molecule has 3 aliphatic heterocycles. The highest BCUT2D eigenvalue weighted by atomic mass is 79.9. The van der Waals surface area contributed by atoms with E-state index in [0.717, 1.165) is 29.5 Å². The molecule has 5 nitrogen and oxygen atoms in total. The topological polar surface area (TPSA) is 43.9 Å². The van der Waals surface area contributed by atoms with Crippen LogP contribution in [0.5, 0.6) is 0 Å². The zero-order chi connectivity index (χ0) is 18.7. The normalized spacial score (nSPS) is 28.1. The van der Waals surface area contributed by atoms with Gasteiger partial charge in [-0.15, -0.1) is 0 Å². The molecule has 138 valence electrons. The maximum Gasteiger partial charge on any atom is 0.253 e. The average Bonchev–Trinajstić information content (AvgIpc) is 3.28. The zero-order valence-corrected chi connectivity index (χ0v) is 16.7. The van der Waals surface area contributed by atoms with Gasteiger partial charge < -0.3 is 0 Å². The fourth-order valence-corrected chi connectivity index (χ4v) is 5.16. The summed E-state index contributed by atoms with van der Waals surface area (Å²) >= 11 is 9.48. The van der Waals surface area contributed by atoms with Gasteiger partial charge in [-0.05, 0) is 42.3 Å². The van der Waals surface area contributed by atoms with Crippen molar-refractivity contribution in [1.29, 1.82) is 0 Å². The van der Waals surface area contributed by atoms with Crippen LogP contribution in [-0.2, 0) is 9.59 Å². The van der Waals surface area contributed by atoms with E-state index in [0.29, 0.717) is 10.7 Å². The molecule has 2 aromatic rings. The molecule has 3 fully saturated rings. The Labute approximate surface area is 170 Å². The van der Waals surface area contributed by atoms with Crippen LogP contribution in [0.3, 0.4) is 0 Å². The molecule has 3 atom stereocenters. The lowest BCUT2D eigenvalue weighted by Crippen LogP contribution is -2.44. The zero-order valence-electron chi connectivity index (χ0n) is 14.4. The van der Waals surface area contributed by atoms with Crippen LogP contribution in [0.25, 0.3) is 0 Å². The number of anilines is 1. The van der Waals surface area contributed by atoms with E-state index < -0.39 is 12.0 Å². The van der Waals surface area contributed by atoms with Gasteiger partial charge in [-0.2, -0.15) is 0 Å². The minimum atomic E-state index is -0.431. The number of hydrogen-bond donors (Lipinski definition) is 0. The van der Waals surface area contributed by atoms with Crippen molar-refractivity contribution in [2.45, 2.75) is 18.5 Å². The van der Waals surface area contributed by atoms with Crippen molar-refractivity contribution in [3.8, 4) is 0 Å². The molecule has 0 radical (unpaired) electrons. The first-order chi connectivity index (χ1) is 13.1. The molecule has 5 rings (SSSR count). The first kappa shape index (κ1) is 17.4. The Balaban J connectivity index is 1.59. The van der Waals surface area contributed by atoms with Crippen LogP contribution in [0.1, 0.15) is 18.0 Å². The van der Waals surface area contributed by atoms with Crippen molar-refractivity contribution in [2.24, 2.45) is 5.92 Å². The maximum atomic E-state index is 13.4. The van der Waals surface area contributed by atoms with Crippen LogP contribution >= 0.6 is 27.5 Å². The molecule has 0 aliphatic carbocycles. The van der Waals surface area contributed by atoms with Crippen LogP contribution in [0.2, 0.25) is 5.02 Å². The highest BCUT2D eigenvalue weighted by Gasteiger charge is 2.62. The number of halogens is 2. The predicted octanol–water partition coefficient (Wildman–Crippen LogP) is 3.64. The van der Waals surface area contributed by atoms with Crippen LogP contribution in [0, 0.1) is 5.92 Å². The number of carbonyl (C=O) groups is 2. The molecule has 0 N–H and O–H groups in total. The van der Waals surface area contributed by atoms with E-state index in [9.17, 15) is 9.59 Å². The number of amides is 2. The Kier molecular flexibility index (Phi) is 4.13. The first-order valence-corrected chi connectivity index (χ1v) is 10.2. The fourth-order valence-electron chi connectivity index (χ4n) is 4.64. The third-order valence-corrected chi connectivity index (χ3v) is 6.43. The van der Waals surface area contributed by atoms with Crippen LogP contribution in [-0.4, -0.2) is 41.0 Å². The number of rotatable bonds is 2. The number of hydrogen-bond acceptors (Lipinski definition) is 4. The summed E-state index contributed by atoms with van der Waals surface area (Å²) < 4.78 is 0.842. The smallest absolute Gasteiger partial charge is 0.253 e. The second-order valence-corrected chi connectivity index (χ2v) is 8.49. The molecular formula is C20H17BrClN3O2. The van der Waals surface area contributed by atoms with E-state index in [1.165, 1.54) is 4.90 Å². The summed E-state index contributed by atoms with van der Waals surface area (Å²) in [5, 5.41) is 4.96. The highest BCUT2D eigenvalue weighted by molar-refractivity contribution is 9.10. The van der Waals surface area contributed by atoms with Crippen molar-refractivity contribution in [1.82, 2.24) is 10.0 Å². The Hall–Kier alpha value is -1.73. The van der Waals surface area contributed by atoms with Gasteiger partial charge in [0.25, 0.3) is 5.91 Å². The number of benzene rings is 2. The van der Waals surface area contributed by atoms with E-state index in [1.54, 1.807) is 6.07 Å². The number of carbonyl (C=O) groups excluding carboxylic acids is 2. The largest absolute Gasteiger partial charge is 0.274 e. The summed E-state index contributed by atoms with van der Waals surface area (Å²) in [6.45, 7) is 1.66. The summed E-state index contributed by atoms with van der Waals surface area (Å²) in [6, 6.07) is 14.4. The quantitative estimate of drug-likeness (QED) is 0.661.